The lowest BCUT2D eigenvalue weighted by atomic mass is 10.3. The summed E-state index contributed by atoms with van der Waals surface area (Å²) in [5.74, 6) is 1.37. The highest BCUT2D eigenvalue weighted by Gasteiger charge is 2.10. The molecule has 0 radical (unpaired) electrons. The molecule has 1 aliphatic heterocycles. The molecular formula is C17H19IO5S. The van der Waals surface area contributed by atoms with E-state index in [9.17, 15) is 8.42 Å². The van der Waals surface area contributed by atoms with E-state index < -0.39 is 9.84 Å². The second-order valence-electron chi connectivity index (χ2n) is 5.00. The van der Waals surface area contributed by atoms with Crippen molar-refractivity contribution in [2.75, 3.05) is 32.7 Å². The zero-order chi connectivity index (χ0) is 17.4. The van der Waals surface area contributed by atoms with Crippen molar-refractivity contribution in [3.63, 3.8) is 0 Å². The molecule has 1 aliphatic rings. The van der Waals surface area contributed by atoms with Gasteiger partial charge in [-0.05, 0) is 52.9 Å². The van der Waals surface area contributed by atoms with Crippen LogP contribution in [0.15, 0.2) is 53.4 Å². The van der Waals surface area contributed by atoms with Crippen LogP contribution in [0.1, 0.15) is 0 Å². The Morgan fingerprint density at radius 3 is 2.00 bits per heavy atom. The first-order valence-electron chi connectivity index (χ1n) is 7.35. The van der Waals surface area contributed by atoms with Gasteiger partial charge in [0.25, 0.3) is 0 Å². The largest absolute Gasteiger partial charge is 0.456 e. The Bertz CT molecular complexity index is 731. The number of ether oxygens (including phenoxy) is 3. The van der Waals surface area contributed by atoms with Gasteiger partial charge in [-0.3, -0.25) is 0 Å². The molecule has 1 saturated heterocycles. The fourth-order valence-electron chi connectivity index (χ4n) is 1.85. The molecule has 0 aliphatic carbocycles. The van der Waals surface area contributed by atoms with Gasteiger partial charge < -0.3 is 14.2 Å². The molecule has 0 aromatic heterocycles. The quantitative estimate of drug-likeness (QED) is 0.654. The third-order valence-electron chi connectivity index (χ3n) is 3.05. The summed E-state index contributed by atoms with van der Waals surface area (Å²) in [7, 11) is -3.18. The lowest BCUT2D eigenvalue weighted by Gasteiger charge is -2.09. The molecule has 1 fully saturated rings. The van der Waals surface area contributed by atoms with Crippen LogP contribution in [0.4, 0.5) is 0 Å². The SMILES string of the molecule is C1COCCO1.CS(=O)(=O)c1ccc(Oc2ccccc2)c(I)c1. The fraction of sp³-hybridized carbons (Fsp3) is 0.294. The molecule has 1 heterocycles. The molecule has 0 saturated carbocycles. The van der Waals surface area contributed by atoms with E-state index in [0.29, 0.717) is 10.6 Å². The van der Waals surface area contributed by atoms with Crippen molar-refractivity contribution in [1.29, 1.82) is 0 Å². The third-order valence-corrected chi connectivity index (χ3v) is 5.00. The number of benzene rings is 2. The Balaban J connectivity index is 0.000000292. The van der Waals surface area contributed by atoms with Gasteiger partial charge in [-0.1, -0.05) is 18.2 Å². The van der Waals surface area contributed by atoms with Gasteiger partial charge in [0.15, 0.2) is 9.84 Å². The number of hydrogen-bond acceptors (Lipinski definition) is 5. The molecule has 0 atom stereocenters. The summed E-state index contributed by atoms with van der Waals surface area (Å²) in [5.41, 5.74) is 0. The van der Waals surface area contributed by atoms with Gasteiger partial charge in [-0.25, -0.2) is 8.42 Å². The van der Waals surface area contributed by atoms with Gasteiger partial charge in [-0.2, -0.15) is 0 Å². The van der Waals surface area contributed by atoms with E-state index in [0.717, 1.165) is 35.7 Å². The van der Waals surface area contributed by atoms with Crippen molar-refractivity contribution in [2.45, 2.75) is 4.90 Å². The van der Waals surface area contributed by atoms with Crippen LogP contribution in [0.3, 0.4) is 0 Å². The van der Waals surface area contributed by atoms with E-state index in [-0.39, 0.29) is 0 Å². The molecule has 2 aromatic carbocycles. The minimum Gasteiger partial charge on any atom is -0.456 e. The summed E-state index contributed by atoms with van der Waals surface area (Å²) in [4.78, 5) is 0.298. The first kappa shape index (κ1) is 19.2. The van der Waals surface area contributed by atoms with Crippen LogP contribution < -0.4 is 4.74 Å². The van der Waals surface area contributed by atoms with E-state index in [1.54, 1.807) is 18.2 Å². The van der Waals surface area contributed by atoms with Crippen LogP contribution in [0.25, 0.3) is 0 Å². The van der Waals surface area contributed by atoms with Crippen LogP contribution in [-0.4, -0.2) is 41.1 Å². The molecule has 5 nitrogen and oxygen atoms in total. The summed E-state index contributed by atoms with van der Waals surface area (Å²) in [6.45, 7) is 3.11. The van der Waals surface area contributed by atoms with E-state index in [1.807, 2.05) is 30.3 Å². The van der Waals surface area contributed by atoms with Crippen LogP contribution in [0.5, 0.6) is 11.5 Å². The van der Waals surface area contributed by atoms with Crippen molar-refractivity contribution < 1.29 is 22.6 Å². The van der Waals surface area contributed by atoms with E-state index >= 15 is 0 Å². The molecule has 0 bridgehead atoms. The average Bonchev–Trinajstić information content (AvgIpc) is 2.59. The highest BCUT2D eigenvalue weighted by atomic mass is 127. The molecule has 3 rings (SSSR count). The number of sulfone groups is 1. The smallest absolute Gasteiger partial charge is 0.175 e. The number of rotatable bonds is 3. The van der Waals surface area contributed by atoms with Gasteiger partial charge in [0.05, 0.1) is 34.9 Å². The Hall–Kier alpha value is -1.16. The Kier molecular flexibility index (Phi) is 7.47. The van der Waals surface area contributed by atoms with E-state index in [4.69, 9.17) is 14.2 Å². The van der Waals surface area contributed by atoms with Gasteiger partial charge in [0, 0.05) is 6.26 Å². The zero-order valence-corrected chi connectivity index (χ0v) is 16.2. The van der Waals surface area contributed by atoms with Crippen molar-refractivity contribution in [3.8, 4) is 11.5 Å². The molecule has 0 amide bonds. The summed E-state index contributed by atoms with van der Waals surface area (Å²) >= 11 is 2.06. The second-order valence-corrected chi connectivity index (χ2v) is 8.18. The maximum atomic E-state index is 11.4. The molecule has 24 heavy (non-hydrogen) atoms. The van der Waals surface area contributed by atoms with E-state index in [2.05, 4.69) is 22.6 Å². The molecule has 130 valence electrons. The number of para-hydroxylation sites is 1. The topological polar surface area (TPSA) is 61.8 Å². The van der Waals surface area contributed by atoms with Gasteiger partial charge in [0.2, 0.25) is 0 Å². The number of halogens is 1. The third kappa shape index (κ3) is 6.39. The van der Waals surface area contributed by atoms with Gasteiger partial charge in [-0.15, -0.1) is 0 Å². The lowest BCUT2D eigenvalue weighted by Crippen LogP contribution is -2.16. The Labute approximate surface area is 156 Å². The van der Waals surface area contributed by atoms with E-state index in [1.165, 1.54) is 6.26 Å². The van der Waals surface area contributed by atoms with Crippen LogP contribution in [0, 0.1) is 3.57 Å². The van der Waals surface area contributed by atoms with Crippen LogP contribution in [-0.2, 0) is 19.3 Å². The zero-order valence-electron chi connectivity index (χ0n) is 13.3. The summed E-state index contributed by atoms with van der Waals surface area (Å²) in [6, 6.07) is 14.2. The van der Waals surface area contributed by atoms with Gasteiger partial charge >= 0.3 is 0 Å². The molecular weight excluding hydrogens is 443 g/mol. The summed E-state index contributed by atoms with van der Waals surface area (Å²) in [6.07, 6.45) is 1.19. The highest BCUT2D eigenvalue weighted by molar-refractivity contribution is 14.1. The predicted octanol–water partition coefficient (Wildman–Crippen LogP) is 3.52. The normalized spacial score (nSPS) is 14.4. The average molecular weight is 462 g/mol. The Morgan fingerprint density at radius 2 is 1.54 bits per heavy atom. The predicted molar refractivity (Wildman–Crippen MR) is 100 cm³/mol. The second kappa shape index (κ2) is 9.36. The highest BCUT2D eigenvalue weighted by Crippen LogP contribution is 2.28. The molecule has 0 unspecified atom stereocenters. The molecule has 0 spiro atoms. The molecule has 2 aromatic rings. The minimum atomic E-state index is -3.18. The maximum absolute atomic E-state index is 11.4. The standard InChI is InChI=1S/C13H11IO3S.C4H8O2/c1-18(15,16)11-7-8-13(12(14)9-11)17-10-5-3-2-4-6-10;1-2-6-4-3-5-1/h2-9H,1H3;1-4H2. The van der Waals surface area contributed by atoms with Crippen molar-refractivity contribution in [3.05, 3.63) is 52.1 Å². The monoisotopic (exact) mass is 462 g/mol. The number of hydrogen-bond donors (Lipinski definition) is 0. The lowest BCUT2D eigenvalue weighted by molar-refractivity contribution is -0.0334. The fourth-order valence-corrected chi connectivity index (χ4v) is 3.33. The van der Waals surface area contributed by atoms with Crippen LogP contribution in [0.2, 0.25) is 0 Å². The van der Waals surface area contributed by atoms with Crippen molar-refractivity contribution >= 4 is 32.4 Å². The summed E-state index contributed by atoms with van der Waals surface area (Å²) < 4.78 is 39.1. The first-order chi connectivity index (χ1) is 11.5. The first-order valence-corrected chi connectivity index (χ1v) is 10.3. The van der Waals surface area contributed by atoms with Gasteiger partial charge in [0.1, 0.15) is 11.5 Å². The minimum absolute atomic E-state index is 0.298. The summed E-state index contributed by atoms with van der Waals surface area (Å²) in [5, 5.41) is 0. The molecule has 0 N–H and O–H groups in total. The van der Waals surface area contributed by atoms with Crippen LogP contribution >= 0.6 is 22.6 Å². The van der Waals surface area contributed by atoms with Crippen molar-refractivity contribution in [2.24, 2.45) is 0 Å². The maximum Gasteiger partial charge on any atom is 0.175 e. The van der Waals surface area contributed by atoms with Crippen molar-refractivity contribution in [1.82, 2.24) is 0 Å². The molecule has 7 heteroatoms. The Morgan fingerprint density at radius 1 is 0.958 bits per heavy atom.